The molecular weight excluding hydrogens is 268 g/mol. The second-order valence-electron chi connectivity index (χ2n) is 3.47. The molecule has 0 bridgehead atoms. The summed E-state index contributed by atoms with van der Waals surface area (Å²) in [6, 6.07) is 0.534. The highest BCUT2D eigenvalue weighted by molar-refractivity contribution is 6.30. The van der Waals surface area contributed by atoms with Gasteiger partial charge in [-0.05, 0) is 19.1 Å². The van der Waals surface area contributed by atoms with E-state index in [-0.39, 0.29) is 5.84 Å². The number of oxime groups is 1. The lowest BCUT2D eigenvalue weighted by atomic mass is 10.1. The Morgan fingerprint density at radius 2 is 2.11 bits per heavy atom. The Labute approximate surface area is 106 Å². The maximum Gasteiger partial charge on any atom is 0.254 e. The van der Waals surface area contributed by atoms with Crippen LogP contribution in [0.15, 0.2) is 17.3 Å². The Morgan fingerprint density at radius 3 is 2.67 bits per heavy atom. The van der Waals surface area contributed by atoms with Crippen LogP contribution in [0.1, 0.15) is 17.3 Å². The molecule has 1 unspecified atom stereocenters. The Kier molecular flexibility index (Phi) is 4.43. The molecule has 0 saturated carbocycles. The van der Waals surface area contributed by atoms with Gasteiger partial charge in [-0.15, -0.1) is 0 Å². The van der Waals surface area contributed by atoms with Crippen LogP contribution in [0.5, 0.6) is 0 Å². The van der Waals surface area contributed by atoms with Crippen molar-refractivity contribution in [2.24, 2.45) is 10.9 Å². The number of carbonyl (C=O) groups excluding carboxylic acids is 1. The fraction of sp³-hybridized carbons (Fsp3) is 0.200. The third-order valence-electron chi connectivity index (χ3n) is 2.16. The van der Waals surface area contributed by atoms with Crippen molar-refractivity contribution in [1.82, 2.24) is 5.32 Å². The number of amides is 1. The number of halogens is 3. The van der Waals surface area contributed by atoms with Gasteiger partial charge in [0.2, 0.25) is 0 Å². The summed E-state index contributed by atoms with van der Waals surface area (Å²) < 4.78 is 26.5. The monoisotopic (exact) mass is 277 g/mol. The van der Waals surface area contributed by atoms with E-state index in [0.29, 0.717) is 12.1 Å². The highest BCUT2D eigenvalue weighted by atomic mass is 35.5. The molecule has 0 radical (unpaired) electrons. The van der Waals surface area contributed by atoms with E-state index in [2.05, 4.69) is 10.5 Å². The minimum Gasteiger partial charge on any atom is -0.409 e. The van der Waals surface area contributed by atoms with E-state index in [9.17, 15) is 13.6 Å². The van der Waals surface area contributed by atoms with Gasteiger partial charge in [0, 0.05) is 0 Å². The summed E-state index contributed by atoms with van der Waals surface area (Å²) in [5.74, 6) is -3.05. The van der Waals surface area contributed by atoms with Crippen molar-refractivity contribution in [3.63, 3.8) is 0 Å². The van der Waals surface area contributed by atoms with Gasteiger partial charge in [0.05, 0.1) is 16.6 Å². The third-order valence-corrected chi connectivity index (χ3v) is 2.45. The van der Waals surface area contributed by atoms with Crippen LogP contribution in [-0.2, 0) is 0 Å². The summed E-state index contributed by atoms with van der Waals surface area (Å²) in [7, 11) is 0. The molecule has 0 aliphatic rings. The number of benzene rings is 1. The minimum atomic E-state index is -0.967. The van der Waals surface area contributed by atoms with Crippen molar-refractivity contribution in [2.45, 2.75) is 13.0 Å². The van der Waals surface area contributed by atoms with Gasteiger partial charge < -0.3 is 16.3 Å². The molecule has 8 heteroatoms. The Balaban J connectivity index is 2.95. The molecule has 0 aliphatic heterocycles. The molecule has 0 heterocycles. The minimum absolute atomic E-state index is 0.266. The molecule has 0 spiro atoms. The molecule has 1 aromatic rings. The van der Waals surface area contributed by atoms with Gasteiger partial charge in [0.1, 0.15) is 11.6 Å². The van der Waals surface area contributed by atoms with Crippen molar-refractivity contribution in [1.29, 1.82) is 0 Å². The van der Waals surface area contributed by atoms with Crippen molar-refractivity contribution < 1.29 is 18.8 Å². The number of nitrogens with one attached hydrogen (secondary N) is 1. The van der Waals surface area contributed by atoms with Crippen LogP contribution < -0.4 is 11.1 Å². The van der Waals surface area contributed by atoms with Crippen molar-refractivity contribution in [2.75, 3.05) is 0 Å². The van der Waals surface area contributed by atoms with Gasteiger partial charge in [-0.3, -0.25) is 4.79 Å². The van der Waals surface area contributed by atoms with Crippen LogP contribution >= 0.6 is 11.6 Å². The van der Waals surface area contributed by atoms with Gasteiger partial charge in [-0.2, -0.15) is 0 Å². The van der Waals surface area contributed by atoms with Gasteiger partial charge in [0.25, 0.3) is 5.91 Å². The van der Waals surface area contributed by atoms with Crippen LogP contribution in [0.25, 0.3) is 0 Å². The molecule has 1 amide bonds. The van der Waals surface area contributed by atoms with Crippen LogP contribution in [0.3, 0.4) is 0 Å². The summed E-state index contributed by atoms with van der Waals surface area (Å²) >= 11 is 5.35. The molecule has 1 rings (SSSR count). The lowest BCUT2D eigenvalue weighted by molar-refractivity contribution is 0.0944. The normalized spacial score (nSPS) is 13.2. The SMILES string of the molecule is CC(NC(=O)c1cc(F)c(Cl)cc1F)/C(N)=N/O. The van der Waals surface area contributed by atoms with Gasteiger partial charge in [-0.1, -0.05) is 16.8 Å². The maximum atomic E-state index is 13.4. The second kappa shape index (κ2) is 5.63. The number of hydrogen-bond acceptors (Lipinski definition) is 3. The predicted octanol–water partition coefficient (Wildman–Crippen LogP) is 1.48. The first-order valence-corrected chi connectivity index (χ1v) is 5.17. The van der Waals surface area contributed by atoms with E-state index in [1.807, 2.05) is 0 Å². The zero-order valence-electron chi connectivity index (χ0n) is 9.25. The first kappa shape index (κ1) is 14.2. The van der Waals surface area contributed by atoms with Gasteiger partial charge >= 0.3 is 0 Å². The fourth-order valence-corrected chi connectivity index (χ4v) is 1.28. The number of nitrogens with two attached hydrogens (primary N) is 1. The smallest absolute Gasteiger partial charge is 0.254 e. The zero-order chi connectivity index (χ0) is 13.9. The van der Waals surface area contributed by atoms with E-state index in [1.165, 1.54) is 6.92 Å². The zero-order valence-corrected chi connectivity index (χ0v) is 10.0. The first-order chi connectivity index (χ1) is 8.36. The summed E-state index contributed by atoms with van der Waals surface area (Å²) in [5, 5.41) is 12.9. The summed E-state index contributed by atoms with van der Waals surface area (Å²) in [4.78, 5) is 11.6. The molecule has 0 fully saturated rings. The van der Waals surface area contributed by atoms with E-state index < -0.39 is 34.2 Å². The van der Waals surface area contributed by atoms with Crippen molar-refractivity contribution in [3.8, 4) is 0 Å². The van der Waals surface area contributed by atoms with E-state index in [4.69, 9.17) is 22.5 Å². The van der Waals surface area contributed by atoms with E-state index in [1.54, 1.807) is 0 Å². The van der Waals surface area contributed by atoms with Crippen LogP contribution in [0, 0.1) is 11.6 Å². The molecule has 98 valence electrons. The highest BCUT2D eigenvalue weighted by Gasteiger charge is 2.18. The average molecular weight is 278 g/mol. The Bertz CT molecular complexity index is 508. The van der Waals surface area contributed by atoms with Crippen molar-refractivity contribution in [3.05, 3.63) is 34.4 Å². The average Bonchev–Trinajstić information content (AvgIpc) is 2.32. The summed E-state index contributed by atoms with van der Waals surface area (Å²) in [6.45, 7) is 1.41. The number of rotatable bonds is 3. The largest absolute Gasteiger partial charge is 0.409 e. The lowest BCUT2D eigenvalue weighted by Crippen LogP contribution is -2.42. The topological polar surface area (TPSA) is 87.7 Å². The molecule has 5 nitrogen and oxygen atoms in total. The maximum absolute atomic E-state index is 13.4. The summed E-state index contributed by atoms with van der Waals surface area (Å²) in [6.07, 6.45) is 0. The highest BCUT2D eigenvalue weighted by Crippen LogP contribution is 2.19. The predicted molar refractivity (Wildman–Crippen MR) is 61.7 cm³/mol. The molecule has 0 saturated heterocycles. The molecule has 0 aliphatic carbocycles. The van der Waals surface area contributed by atoms with Crippen molar-refractivity contribution >= 4 is 23.3 Å². The van der Waals surface area contributed by atoms with Crippen LogP contribution in [0.4, 0.5) is 8.78 Å². The fourth-order valence-electron chi connectivity index (χ4n) is 1.13. The molecule has 0 aromatic heterocycles. The summed E-state index contributed by atoms with van der Waals surface area (Å²) in [5.41, 5.74) is 4.71. The standard InChI is InChI=1S/C10H10ClF2N3O2/c1-4(9(14)16-18)15-10(17)5-2-8(13)6(11)3-7(5)12/h2-4,18H,1H3,(H2,14,16)(H,15,17). The van der Waals surface area contributed by atoms with E-state index >= 15 is 0 Å². The van der Waals surface area contributed by atoms with Gasteiger partial charge in [-0.25, -0.2) is 8.78 Å². The third kappa shape index (κ3) is 3.07. The number of amidine groups is 1. The van der Waals surface area contributed by atoms with Gasteiger partial charge in [0.15, 0.2) is 5.84 Å². The number of nitrogens with zero attached hydrogens (tertiary/aromatic N) is 1. The Morgan fingerprint density at radius 1 is 1.50 bits per heavy atom. The van der Waals surface area contributed by atoms with E-state index in [0.717, 1.165) is 0 Å². The van der Waals surface area contributed by atoms with Crippen LogP contribution in [0.2, 0.25) is 5.02 Å². The molecule has 4 N–H and O–H groups in total. The number of carbonyl (C=O) groups is 1. The van der Waals surface area contributed by atoms with Crippen LogP contribution in [-0.4, -0.2) is 23.0 Å². The lowest BCUT2D eigenvalue weighted by Gasteiger charge is -2.12. The number of hydrogen-bond donors (Lipinski definition) is 3. The second-order valence-corrected chi connectivity index (χ2v) is 3.87. The first-order valence-electron chi connectivity index (χ1n) is 4.79. The molecule has 1 aromatic carbocycles. The quantitative estimate of drug-likeness (QED) is 0.257. The molecule has 18 heavy (non-hydrogen) atoms. The Hall–Kier alpha value is -1.89. The molecular formula is C10H10ClF2N3O2. The molecule has 1 atom stereocenters.